The fraction of sp³-hybridized carbons (Fsp3) is 0.565. The number of aromatic nitrogens is 2. The van der Waals surface area contributed by atoms with E-state index in [1.165, 1.54) is 6.42 Å². The maximum absolute atomic E-state index is 12.7. The number of hydrogen-bond acceptors (Lipinski definition) is 3. The van der Waals surface area contributed by atoms with Gasteiger partial charge in [0.1, 0.15) is 5.82 Å². The van der Waals surface area contributed by atoms with Gasteiger partial charge in [-0.25, -0.2) is 9.78 Å². The summed E-state index contributed by atoms with van der Waals surface area (Å²) in [5.41, 5.74) is 1.25. The minimum atomic E-state index is -0.592. The van der Waals surface area contributed by atoms with Gasteiger partial charge in [0.15, 0.2) is 0 Å². The van der Waals surface area contributed by atoms with Crippen molar-refractivity contribution in [1.29, 1.82) is 0 Å². The maximum atomic E-state index is 12.7. The Morgan fingerprint density at radius 3 is 2.76 bits per heavy atom. The smallest absolute Gasteiger partial charge is 0.319 e. The van der Waals surface area contributed by atoms with E-state index in [0.717, 1.165) is 42.8 Å². The van der Waals surface area contributed by atoms with Crippen molar-refractivity contribution in [2.75, 3.05) is 11.9 Å². The lowest BCUT2D eigenvalue weighted by Gasteiger charge is -2.39. The van der Waals surface area contributed by atoms with Crippen molar-refractivity contribution in [2.45, 2.75) is 70.9 Å². The van der Waals surface area contributed by atoms with E-state index in [1.54, 1.807) is 0 Å². The molecule has 0 spiro atoms. The lowest BCUT2D eigenvalue weighted by molar-refractivity contribution is 0.103. The third-order valence-electron chi connectivity index (χ3n) is 6.04. The molecule has 3 rings (SSSR count). The normalized spacial score (nSPS) is 17.1. The second-order valence-electron chi connectivity index (χ2n) is 8.76. The molecule has 1 saturated carbocycles. The summed E-state index contributed by atoms with van der Waals surface area (Å²) < 4.78 is 2.13. The van der Waals surface area contributed by atoms with E-state index < -0.39 is 5.54 Å². The first-order valence-electron chi connectivity index (χ1n) is 10.7. The van der Waals surface area contributed by atoms with Crippen LogP contribution in [0.2, 0.25) is 0 Å². The zero-order valence-corrected chi connectivity index (χ0v) is 17.8. The highest BCUT2D eigenvalue weighted by molar-refractivity contribution is 5.89. The Kier molecular flexibility index (Phi) is 6.96. The lowest BCUT2D eigenvalue weighted by atomic mass is 9.76. The third-order valence-corrected chi connectivity index (χ3v) is 6.04. The average Bonchev–Trinajstić information content (AvgIpc) is 3.17. The first-order valence-corrected chi connectivity index (χ1v) is 10.7. The Morgan fingerprint density at radius 2 is 2.07 bits per heavy atom. The summed E-state index contributed by atoms with van der Waals surface area (Å²) in [5, 5.41) is 15.9. The van der Waals surface area contributed by atoms with Gasteiger partial charge in [0.25, 0.3) is 0 Å². The van der Waals surface area contributed by atoms with Gasteiger partial charge in [-0.05, 0) is 43.4 Å². The van der Waals surface area contributed by atoms with Crippen LogP contribution in [0.15, 0.2) is 36.7 Å². The van der Waals surface area contributed by atoms with Crippen LogP contribution < -0.4 is 10.6 Å². The van der Waals surface area contributed by atoms with Crippen LogP contribution >= 0.6 is 0 Å². The molecule has 0 bridgehead atoms. The Morgan fingerprint density at radius 1 is 1.31 bits per heavy atom. The van der Waals surface area contributed by atoms with Crippen LogP contribution in [0, 0.1) is 5.92 Å². The highest BCUT2D eigenvalue weighted by Gasteiger charge is 2.35. The number of imidazole rings is 1. The molecule has 2 aromatic rings. The molecule has 0 unspecified atom stereocenters. The second-order valence-corrected chi connectivity index (χ2v) is 8.76. The van der Waals surface area contributed by atoms with Crippen molar-refractivity contribution in [2.24, 2.45) is 5.92 Å². The van der Waals surface area contributed by atoms with E-state index in [9.17, 15) is 9.90 Å². The second kappa shape index (κ2) is 9.44. The number of nitrogens with zero attached hydrogens (tertiary/aromatic N) is 2. The number of aliphatic hydroxyl groups is 1. The highest BCUT2D eigenvalue weighted by atomic mass is 16.3. The van der Waals surface area contributed by atoms with Gasteiger partial charge in [0.2, 0.25) is 0 Å². The molecule has 2 amide bonds. The molecule has 1 fully saturated rings. The summed E-state index contributed by atoms with van der Waals surface area (Å²) in [4.78, 5) is 17.1. The number of benzene rings is 1. The Bertz CT molecular complexity index is 811. The standard InChI is InChI=1S/C23H34N4O2/c1-17(2)21-24-12-13-27(21)15-18-8-7-11-20(14-18)25-22(29)26-23(3,16-28)19-9-5-4-6-10-19/h7-8,11-14,17,19,28H,4-6,9-10,15-16H2,1-3H3,(H2,25,26,29)/t23-/m1/s1. The SMILES string of the molecule is CC(C)c1nccn1Cc1cccc(NC(=O)N[C@](C)(CO)C2CCCCC2)c1. The summed E-state index contributed by atoms with van der Waals surface area (Å²) in [7, 11) is 0. The number of carbonyl (C=O) groups is 1. The Balaban J connectivity index is 1.64. The van der Waals surface area contributed by atoms with Crippen LogP contribution in [-0.4, -0.2) is 32.8 Å². The van der Waals surface area contributed by atoms with Crippen LogP contribution in [0.5, 0.6) is 0 Å². The fourth-order valence-electron chi connectivity index (χ4n) is 4.33. The van der Waals surface area contributed by atoms with Crippen LogP contribution in [0.25, 0.3) is 0 Å². The first-order chi connectivity index (χ1) is 13.9. The number of amides is 2. The molecular formula is C23H34N4O2. The first kappa shape index (κ1) is 21.4. The van der Waals surface area contributed by atoms with Gasteiger partial charge in [0.05, 0.1) is 12.1 Å². The summed E-state index contributed by atoms with van der Waals surface area (Å²) >= 11 is 0. The summed E-state index contributed by atoms with van der Waals surface area (Å²) in [6.45, 7) is 6.87. The zero-order valence-electron chi connectivity index (χ0n) is 17.8. The van der Waals surface area contributed by atoms with Crippen LogP contribution in [0.3, 0.4) is 0 Å². The topological polar surface area (TPSA) is 79.2 Å². The van der Waals surface area contributed by atoms with E-state index in [-0.39, 0.29) is 12.6 Å². The molecule has 6 heteroatoms. The van der Waals surface area contributed by atoms with Crippen molar-refractivity contribution in [3.05, 3.63) is 48.0 Å². The fourth-order valence-corrected chi connectivity index (χ4v) is 4.33. The van der Waals surface area contributed by atoms with E-state index in [0.29, 0.717) is 18.4 Å². The van der Waals surface area contributed by atoms with E-state index in [1.807, 2.05) is 43.6 Å². The van der Waals surface area contributed by atoms with E-state index >= 15 is 0 Å². The molecule has 3 N–H and O–H groups in total. The van der Waals surface area contributed by atoms with Crippen molar-refractivity contribution in [3.8, 4) is 0 Å². The molecule has 1 aliphatic carbocycles. The van der Waals surface area contributed by atoms with Gasteiger partial charge >= 0.3 is 6.03 Å². The molecule has 0 aliphatic heterocycles. The van der Waals surface area contributed by atoms with Crippen LogP contribution in [-0.2, 0) is 6.54 Å². The molecule has 1 aromatic heterocycles. The summed E-state index contributed by atoms with van der Waals surface area (Å²) in [5.74, 6) is 1.72. The largest absolute Gasteiger partial charge is 0.394 e. The molecule has 0 saturated heterocycles. The molecule has 1 aliphatic rings. The average molecular weight is 399 g/mol. The number of anilines is 1. The monoisotopic (exact) mass is 398 g/mol. The number of rotatable bonds is 7. The van der Waals surface area contributed by atoms with Gasteiger partial charge in [0, 0.05) is 30.5 Å². The summed E-state index contributed by atoms with van der Waals surface area (Å²) in [6.07, 6.45) is 9.49. The van der Waals surface area contributed by atoms with Gasteiger partial charge in [-0.3, -0.25) is 0 Å². The van der Waals surface area contributed by atoms with Crippen molar-refractivity contribution < 1.29 is 9.90 Å². The number of urea groups is 1. The molecule has 1 atom stereocenters. The minimum Gasteiger partial charge on any atom is -0.394 e. The molecule has 1 aromatic carbocycles. The number of nitrogens with one attached hydrogen (secondary N) is 2. The van der Waals surface area contributed by atoms with Crippen molar-refractivity contribution in [1.82, 2.24) is 14.9 Å². The van der Waals surface area contributed by atoms with Crippen molar-refractivity contribution in [3.63, 3.8) is 0 Å². The van der Waals surface area contributed by atoms with Gasteiger partial charge < -0.3 is 20.3 Å². The molecule has 158 valence electrons. The van der Waals surface area contributed by atoms with Crippen LogP contribution in [0.1, 0.15) is 70.2 Å². The molecule has 6 nitrogen and oxygen atoms in total. The summed E-state index contributed by atoms with van der Waals surface area (Å²) in [6, 6.07) is 7.60. The molecule has 1 heterocycles. The van der Waals surface area contributed by atoms with Gasteiger partial charge in [-0.2, -0.15) is 0 Å². The number of carbonyl (C=O) groups excluding carboxylic acids is 1. The zero-order chi connectivity index (χ0) is 20.9. The van der Waals surface area contributed by atoms with E-state index in [2.05, 4.69) is 34.0 Å². The Hall–Kier alpha value is -2.34. The molecule has 29 heavy (non-hydrogen) atoms. The predicted octanol–water partition coefficient (Wildman–Crippen LogP) is 4.51. The predicted molar refractivity (Wildman–Crippen MR) is 116 cm³/mol. The van der Waals surface area contributed by atoms with Crippen LogP contribution in [0.4, 0.5) is 10.5 Å². The Labute approximate surface area is 173 Å². The highest BCUT2D eigenvalue weighted by Crippen LogP contribution is 2.32. The maximum Gasteiger partial charge on any atom is 0.319 e. The third kappa shape index (κ3) is 5.38. The van der Waals surface area contributed by atoms with Gasteiger partial charge in [-0.1, -0.05) is 45.2 Å². The van der Waals surface area contributed by atoms with Gasteiger partial charge in [-0.15, -0.1) is 0 Å². The van der Waals surface area contributed by atoms with Crippen molar-refractivity contribution >= 4 is 11.7 Å². The minimum absolute atomic E-state index is 0.0519. The quantitative estimate of drug-likeness (QED) is 0.642. The molecular weight excluding hydrogens is 364 g/mol. The molecule has 0 radical (unpaired) electrons. The lowest BCUT2D eigenvalue weighted by Crippen LogP contribution is -2.55. The number of aliphatic hydroxyl groups excluding tert-OH is 1. The number of hydrogen-bond donors (Lipinski definition) is 3. The van der Waals surface area contributed by atoms with E-state index in [4.69, 9.17) is 0 Å².